The first-order valence-electron chi connectivity index (χ1n) is 9.15. The highest BCUT2D eigenvalue weighted by Crippen LogP contribution is 2.30. The molecule has 3 rings (SSSR count). The molecule has 3 aromatic rings. The maximum Gasteiger partial charge on any atom is 0.238 e. The third-order valence-corrected chi connectivity index (χ3v) is 5.83. The molecule has 0 bridgehead atoms. The van der Waals surface area contributed by atoms with Crippen LogP contribution in [0.5, 0.6) is 11.5 Å². The third kappa shape index (κ3) is 5.99. The number of carbonyl (C=O) groups is 1. The highest BCUT2D eigenvalue weighted by atomic mass is 35.5. The lowest BCUT2D eigenvalue weighted by atomic mass is 10.1. The quantitative estimate of drug-likeness (QED) is 0.514. The fraction of sp³-hybridized carbons (Fsp3) is 0.0909. The second kappa shape index (κ2) is 9.59. The number of aryl methyl sites for hydroxylation is 1. The van der Waals surface area contributed by atoms with Crippen molar-refractivity contribution < 1.29 is 17.9 Å². The number of nitrogens with two attached hydrogens (primary N) is 1. The van der Waals surface area contributed by atoms with Crippen molar-refractivity contribution in [3.05, 3.63) is 81.3 Å². The van der Waals surface area contributed by atoms with Crippen LogP contribution < -0.4 is 15.2 Å². The molecule has 0 radical (unpaired) electrons. The molecule has 3 aromatic carbocycles. The number of carbonyl (C=O) groups excluding carboxylic acids is 1. The Balaban J connectivity index is 1.75. The summed E-state index contributed by atoms with van der Waals surface area (Å²) in [7, 11) is -3.90. The summed E-state index contributed by atoms with van der Waals surface area (Å²) in [5, 5.41) is 17.2. The number of halogens is 2. The zero-order valence-electron chi connectivity index (χ0n) is 16.7. The van der Waals surface area contributed by atoms with Crippen molar-refractivity contribution in [2.45, 2.75) is 18.2 Å². The molecule has 164 valence electrons. The van der Waals surface area contributed by atoms with Crippen LogP contribution in [-0.4, -0.2) is 14.3 Å². The lowest BCUT2D eigenvalue weighted by molar-refractivity contribution is -0.115. The summed E-state index contributed by atoms with van der Waals surface area (Å²) in [4.78, 5) is 12.3. The zero-order chi connectivity index (χ0) is 23.5. The Morgan fingerprint density at radius 3 is 2.53 bits per heavy atom. The topological polar surface area (TPSA) is 122 Å². The number of nitrogens with one attached hydrogen (secondary N) is 1. The fourth-order valence-corrected chi connectivity index (χ4v) is 3.89. The van der Waals surface area contributed by atoms with Crippen LogP contribution in [0.2, 0.25) is 10.0 Å². The van der Waals surface area contributed by atoms with Gasteiger partial charge in [0.1, 0.15) is 11.5 Å². The van der Waals surface area contributed by atoms with Gasteiger partial charge in [0.05, 0.1) is 33.7 Å². The van der Waals surface area contributed by atoms with Crippen LogP contribution in [-0.2, 0) is 21.2 Å². The molecule has 0 aliphatic heterocycles. The van der Waals surface area contributed by atoms with Crippen LogP contribution in [0.25, 0.3) is 0 Å². The number of ether oxygens (including phenoxy) is 1. The predicted octanol–water partition coefficient (Wildman–Crippen LogP) is 4.79. The normalized spacial score (nSPS) is 11.0. The monoisotopic (exact) mass is 489 g/mol. The minimum atomic E-state index is -3.90. The summed E-state index contributed by atoms with van der Waals surface area (Å²) < 4.78 is 28.7. The molecule has 0 unspecified atom stereocenters. The molecule has 0 atom stereocenters. The molecule has 0 aromatic heterocycles. The van der Waals surface area contributed by atoms with E-state index in [0.29, 0.717) is 27.6 Å². The number of nitriles is 1. The maximum absolute atomic E-state index is 12.5. The van der Waals surface area contributed by atoms with Gasteiger partial charge in [0.15, 0.2) is 0 Å². The van der Waals surface area contributed by atoms with Crippen LogP contribution in [0.4, 0.5) is 5.69 Å². The Hall–Kier alpha value is -3.09. The van der Waals surface area contributed by atoms with E-state index in [4.69, 9.17) is 38.3 Å². The second-order valence-corrected chi connectivity index (χ2v) is 9.31. The molecule has 7 nitrogen and oxygen atoms in total. The molecule has 0 aliphatic rings. The van der Waals surface area contributed by atoms with Crippen molar-refractivity contribution in [3.63, 3.8) is 0 Å². The molecular weight excluding hydrogens is 473 g/mol. The molecule has 0 saturated carbocycles. The molecule has 32 heavy (non-hydrogen) atoms. The predicted molar refractivity (Wildman–Crippen MR) is 123 cm³/mol. The molecule has 0 heterocycles. The van der Waals surface area contributed by atoms with Gasteiger partial charge in [-0.05, 0) is 60.5 Å². The van der Waals surface area contributed by atoms with E-state index in [0.717, 1.165) is 5.56 Å². The van der Waals surface area contributed by atoms with Crippen molar-refractivity contribution in [2.24, 2.45) is 5.14 Å². The number of hydrogen-bond acceptors (Lipinski definition) is 5. The van der Waals surface area contributed by atoms with E-state index in [1.54, 1.807) is 24.3 Å². The number of nitrogens with zero attached hydrogens (tertiary/aromatic N) is 1. The lowest BCUT2D eigenvalue weighted by Crippen LogP contribution is -2.16. The molecule has 0 spiro atoms. The van der Waals surface area contributed by atoms with Crippen LogP contribution in [0.3, 0.4) is 0 Å². The smallest absolute Gasteiger partial charge is 0.238 e. The van der Waals surface area contributed by atoms with E-state index >= 15 is 0 Å². The van der Waals surface area contributed by atoms with Gasteiger partial charge in [0.25, 0.3) is 0 Å². The van der Waals surface area contributed by atoms with Gasteiger partial charge in [-0.15, -0.1) is 0 Å². The largest absolute Gasteiger partial charge is 0.457 e. The molecular formula is C22H17Cl2N3O4S. The molecule has 0 fully saturated rings. The average Bonchev–Trinajstić information content (AvgIpc) is 2.70. The van der Waals surface area contributed by atoms with Gasteiger partial charge < -0.3 is 10.1 Å². The number of amides is 1. The van der Waals surface area contributed by atoms with Crippen LogP contribution in [0, 0.1) is 18.3 Å². The SMILES string of the molecule is Cc1ccc(CC(=O)Nc2ccc(S(N)(=O)=O)cc2Cl)cc1Oc1cc(Cl)cc(C#N)c1. The Morgan fingerprint density at radius 1 is 1.12 bits per heavy atom. The fourth-order valence-electron chi connectivity index (χ4n) is 2.83. The van der Waals surface area contributed by atoms with Gasteiger partial charge in [0, 0.05) is 5.02 Å². The number of benzene rings is 3. The van der Waals surface area contributed by atoms with Gasteiger partial charge >= 0.3 is 0 Å². The first-order chi connectivity index (χ1) is 15.0. The Kier molecular flexibility index (Phi) is 7.06. The van der Waals surface area contributed by atoms with Gasteiger partial charge in [0.2, 0.25) is 15.9 Å². The number of anilines is 1. The van der Waals surface area contributed by atoms with E-state index in [-0.39, 0.29) is 27.9 Å². The second-order valence-electron chi connectivity index (χ2n) is 6.90. The van der Waals surface area contributed by atoms with E-state index < -0.39 is 10.0 Å². The molecule has 3 N–H and O–H groups in total. The van der Waals surface area contributed by atoms with Crippen molar-refractivity contribution in [2.75, 3.05) is 5.32 Å². The lowest BCUT2D eigenvalue weighted by Gasteiger charge is -2.12. The minimum absolute atomic E-state index is 0.0168. The van der Waals surface area contributed by atoms with Crippen molar-refractivity contribution in [1.82, 2.24) is 0 Å². The van der Waals surface area contributed by atoms with Crippen molar-refractivity contribution in [1.29, 1.82) is 5.26 Å². The van der Waals surface area contributed by atoms with Crippen LogP contribution in [0.1, 0.15) is 16.7 Å². The minimum Gasteiger partial charge on any atom is -0.457 e. The summed E-state index contributed by atoms with van der Waals surface area (Å²) in [5.74, 6) is 0.553. The van der Waals surface area contributed by atoms with E-state index in [2.05, 4.69) is 5.32 Å². The number of primary sulfonamides is 1. The Morgan fingerprint density at radius 2 is 1.88 bits per heavy atom. The van der Waals surface area contributed by atoms with E-state index in [1.165, 1.54) is 24.3 Å². The summed E-state index contributed by atoms with van der Waals surface area (Å²) in [5.41, 5.74) is 2.12. The first-order valence-corrected chi connectivity index (χ1v) is 11.5. The molecule has 0 aliphatic carbocycles. The molecule has 0 saturated heterocycles. The molecule has 10 heteroatoms. The van der Waals surface area contributed by atoms with Crippen molar-refractivity contribution in [3.8, 4) is 17.6 Å². The Labute approximate surface area is 195 Å². The molecule has 1 amide bonds. The summed E-state index contributed by atoms with van der Waals surface area (Å²) in [6.07, 6.45) is 0.0168. The van der Waals surface area contributed by atoms with Gasteiger partial charge in [-0.1, -0.05) is 35.3 Å². The number of hydrogen-bond donors (Lipinski definition) is 2. The number of rotatable bonds is 6. The first kappa shape index (κ1) is 23.6. The van der Waals surface area contributed by atoms with E-state index in [1.807, 2.05) is 19.1 Å². The van der Waals surface area contributed by atoms with Gasteiger partial charge in [-0.25, -0.2) is 13.6 Å². The van der Waals surface area contributed by atoms with E-state index in [9.17, 15) is 13.2 Å². The standard InChI is InChI=1S/C22H17Cl2N3O4S/c1-13-2-3-14(8-21(13)31-17-7-15(12-25)6-16(23)10-17)9-22(28)27-20-5-4-18(11-19(20)24)32(26,29)30/h2-8,10-11H,9H2,1H3,(H,27,28)(H2,26,29,30). The highest BCUT2D eigenvalue weighted by Gasteiger charge is 2.13. The van der Waals surface area contributed by atoms with Crippen molar-refractivity contribution >= 4 is 44.8 Å². The number of sulfonamides is 1. The summed E-state index contributed by atoms with van der Waals surface area (Å²) in [6, 6.07) is 15.8. The average molecular weight is 490 g/mol. The Bertz CT molecular complexity index is 1350. The third-order valence-electron chi connectivity index (χ3n) is 4.39. The van der Waals surface area contributed by atoms with Gasteiger partial charge in [-0.3, -0.25) is 4.79 Å². The maximum atomic E-state index is 12.5. The van der Waals surface area contributed by atoms with Crippen LogP contribution in [0.15, 0.2) is 59.5 Å². The zero-order valence-corrected chi connectivity index (χ0v) is 19.1. The summed E-state index contributed by atoms with van der Waals surface area (Å²) in [6.45, 7) is 1.85. The van der Waals surface area contributed by atoms with Crippen LogP contribution >= 0.6 is 23.2 Å². The summed E-state index contributed by atoms with van der Waals surface area (Å²) >= 11 is 12.1. The highest BCUT2D eigenvalue weighted by molar-refractivity contribution is 7.89. The van der Waals surface area contributed by atoms with Gasteiger partial charge in [-0.2, -0.15) is 5.26 Å².